The molecule has 0 saturated carbocycles. The summed E-state index contributed by atoms with van der Waals surface area (Å²) in [6.07, 6.45) is 0.286. The van der Waals surface area contributed by atoms with Crippen molar-refractivity contribution in [3.05, 3.63) is 28.2 Å². The first-order valence-corrected chi connectivity index (χ1v) is 5.33. The van der Waals surface area contributed by atoms with Crippen LogP contribution in [0.5, 0.6) is 5.75 Å². The normalized spacial score (nSPS) is 11.9. The van der Waals surface area contributed by atoms with Gasteiger partial charge in [-0.3, -0.25) is 0 Å². The van der Waals surface area contributed by atoms with Gasteiger partial charge in [0.05, 0.1) is 19.8 Å². The van der Waals surface area contributed by atoms with Gasteiger partial charge in [-0.05, 0) is 12.1 Å². The van der Waals surface area contributed by atoms with E-state index in [2.05, 4.69) is 22.0 Å². The van der Waals surface area contributed by atoms with Gasteiger partial charge >= 0.3 is 0 Å². The Hall–Kier alpha value is -1.05. The average Bonchev–Trinajstić information content (AvgIpc) is 2.26. The van der Waals surface area contributed by atoms with Crippen molar-refractivity contribution >= 4 is 15.9 Å². The van der Waals surface area contributed by atoms with E-state index in [0.717, 1.165) is 10.0 Å². The monoisotopic (exact) mass is 269 g/mol. The van der Waals surface area contributed by atoms with E-state index in [9.17, 15) is 5.11 Å². The zero-order chi connectivity index (χ0) is 11.3. The van der Waals surface area contributed by atoms with E-state index in [1.165, 1.54) is 0 Å². The zero-order valence-electron chi connectivity index (χ0n) is 8.40. The van der Waals surface area contributed by atoms with Crippen LogP contribution in [-0.4, -0.2) is 18.8 Å². The third-order valence-electron chi connectivity index (χ3n) is 2.19. The highest BCUT2D eigenvalue weighted by Crippen LogP contribution is 2.31. The van der Waals surface area contributed by atoms with Crippen LogP contribution in [-0.2, 0) is 0 Å². The standard InChI is InChI=1S/C11H12BrNO2/c1-15-11-6-9(12)2-3-10(11)8(7-14)4-5-13/h2-3,6,8,14H,4,7H2,1H3. The molecular weight excluding hydrogens is 258 g/mol. The lowest BCUT2D eigenvalue weighted by molar-refractivity contribution is 0.263. The number of aliphatic hydroxyl groups excluding tert-OH is 1. The van der Waals surface area contributed by atoms with Crippen molar-refractivity contribution in [2.45, 2.75) is 12.3 Å². The predicted molar refractivity (Wildman–Crippen MR) is 60.8 cm³/mol. The molecule has 0 fully saturated rings. The molecule has 0 aliphatic carbocycles. The van der Waals surface area contributed by atoms with E-state index in [1.54, 1.807) is 7.11 Å². The molecule has 0 bridgehead atoms. The van der Waals surface area contributed by atoms with Crippen LogP contribution < -0.4 is 4.74 Å². The van der Waals surface area contributed by atoms with E-state index < -0.39 is 0 Å². The number of nitriles is 1. The largest absolute Gasteiger partial charge is 0.496 e. The smallest absolute Gasteiger partial charge is 0.123 e. The summed E-state index contributed by atoms with van der Waals surface area (Å²) < 4.78 is 6.12. The van der Waals surface area contributed by atoms with Gasteiger partial charge in [-0.1, -0.05) is 22.0 Å². The molecule has 0 aromatic heterocycles. The second kappa shape index (κ2) is 5.74. The molecule has 15 heavy (non-hydrogen) atoms. The fourth-order valence-electron chi connectivity index (χ4n) is 1.41. The number of benzene rings is 1. The number of rotatable bonds is 4. The second-order valence-electron chi connectivity index (χ2n) is 3.13. The Balaban J connectivity index is 3.06. The zero-order valence-corrected chi connectivity index (χ0v) is 9.99. The molecular formula is C11H12BrNO2. The Labute approximate surface area is 97.4 Å². The first kappa shape index (κ1) is 12.0. The highest BCUT2D eigenvalue weighted by Gasteiger charge is 2.15. The molecule has 1 atom stereocenters. The number of aliphatic hydroxyl groups is 1. The number of halogens is 1. The Bertz CT molecular complexity index is 373. The van der Waals surface area contributed by atoms with Crippen LogP contribution in [0, 0.1) is 11.3 Å². The van der Waals surface area contributed by atoms with Crippen molar-refractivity contribution in [3.8, 4) is 11.8 Å². The van der Waals surface area contributed by atoms with Crippen LogP contribution in [0.25, 0.3) is 0 Å². The van der Waals surface area contributed by atoms with E-state index in [4.69, 9.17) is 10.00 Å². The minimum atomic E-state index is -0.182. The molecule has 0 spiro atoms. The van der Waals surface area contributed by atoms with Gasteiger partial charge in [0, 0.05) is 22.4 Å². The first-order chi connectivity index (χ1) is 7.22. The van der Waals surface area contributed by atoms with Crippen molar-refractivity contribution < 1.29 is 9.84 Å². The van der Waals surface area contributed by atoms with Gasteiger partial charge < -0.3 is 9.84 Å². The maximum Gasteiger partial charge on any atom is 0.123 e. The van der Waals surface area contributed by atoms with Crippen LogP contribution >= 0.6 is 15.9 Å². The number of nitrogens with zero attached hydrogens (tertiary/aromatic N) is 1. The molecule has 0 saturated heterocycles. The van der Waals surface area contributed by atoms with Gasteiger partial charge in [0.25, 0.3) is 0 Å². The predicted octanol–water partition coefficient (Wildman–Crippen LogP) is 2.45. The minimum absolute atomic E-state index is 0.0500. The Morgan fingerprint density at radius 1 is 1.60 bits per heavy atom. The fourth-order valence-corrected chi connectivity index (χ4v) is 1.75. The molecule has 1 N–H and O–H groups in total. The van der Waals surface area contributed by atoms with Crippen molar-refractivity contribution in [1.82, 2.24) is 0 Å². The second-order valence-corrected chi connectivity index (χ2v) is 4.04. The summed E-state index contributed by atoms with van der Waals surface area (Å²) in [4.78, 5) is 0. The number of hydrogen-bond acceptors (Lipinski definition) is 3. The van der Waals surface area contributed by atoms with Crippen LogP contribution in [0.4, 0.5) is 0 Å². The summed E-state index contributed by atoms with van der Waals surface area (Å²) in [6.45, 7) is -0.0500. The molecule has 3 nitrogen and oxygen atoms in total. The molecule has 0 aliphatic heterocycles. The highest BCUT2D eigenvalue weighted by atomic mass is 79.9. The van der Waals surface area contributed by atoms with Gasteiger partial charge in [-0.25, -0.2) is 0 Å². The van der Waals surface area contributed by atoms with Crippen LogP contribution in [0.3, 0.4) is 0 Å². The van der Waals surface area contributed by atoms with Crippen molar-refractivity contribution in [1.29, 1.82) is 5.26 Å². The Morgan fingerprint density at radius 2 is 2.33 bits per heavy atom. The first-order valence-electron chi connectivity index (χ1n) is 4.54. The molecule has 0 heterocycles. The number of hydrogen-bond donors (Lipinski definition) is 1. The topological polar surface area (TPSA) is 53.2 Å². The van der Waals surface area contributed by atoms with Crippen molar-refractivity contribution in [2.24, 2.45) is 0 Å². The summed E-state index contributed by atoms with van der Waals surface area (Å²) in [7, 11) is 1.58. The maximum atomic E-state index is 9.18. The maximum absolute atomic E-state index is 9.18. The van der Waals surface area contributed by atoms with E-state index in [1.807, 2.05) is 18.2 Å². The number of ether oxygens (including phenoxy) is 1. The molecule has 1 aromatic carbocycles. The quantitative estimate of drug-likeness (QED) is 0.914. The Morgan fingerprint density at radius 3 is 2.87 bits per heavy atom. The highest BCUT2D eigenvalue weighted by molar-refractivity contribution is 9.10. The molecule has 80 valence electrons. The molecule has 1 rings (SSSR count). The van der Waals surface area contributed by atoms with E-state index >= 15 is 0 Å². The lowest BCUT2D eigenvalue weighted by Crippen LogP contribution is -2.05. The third kappa shape index (κ3) is 2.95. The summed E-state index contributed by atoms with van der Waals surface area (Å²) in [5.74, 6) is 0.511. The molecule has 1 unspecified atom stereocenters. The molecule has 4 heteroatoms. The van der Waals surface area contributed by atoms with E-state index in [0.29, 0.717) is 5.75 Å². The lowest BCUT2D eigenvalue weighted by atomic mass is 9.96. The fraction of sp³-hybridized carbons (Fsp3) is 0.364. The number of methoxy groups -OCH3 is 1. The molecule has 0 amide bonds. The molecule has 0 aliphatic rings. The SMILES string of the molecule is COc1cc(Br)ccc1C(CO)CC#N. The summed E-state index contributed by atoms with van der Waals surface area (Å²) in [5, 5.41) is 17.8. The summed E-state index contributed by atoms with van der Waals surface area (Å²) in [6, 6.07) is 7.62. The van der Waals surface area contributed by atoms with Gasteiger partial charge in [0.1, 0.15) is 5.75 Å². The van der Waals surface area contributed by atoms with Gasteiger partial charge in [-0.15, -0.1) is 0 Å². The van der Waals surface area contributed by atoms with Crippen molar-refractivity contribution in [3.63, 3.8) is 0 Å². The van der Waals surface area contributed by atoms with E-state index in [-0.39, 0.29) is 18.9 Å². The van der Waals surface area contributed by atoms with Crippen molar-refractivity contribution in [2.75, 3.05) is 13.7 Å². The Kier molecular flexibility index (Phi) is 4.60. The van der Waals surface area contributed by atoms with Crippen LogP contribution in [0.2, 0.25) is 0 Å². The molecule has 1 aromatic rings. The summed E-state index contributed by atoms with van der Waals surface area (Å²) >= 11 is 3.34. The molecule has 0 radical (unpaired) electrons. The van der Waals surface area contributed by atoms with Gasteiger partial charge in [0.2, 0.25) is 0 Å². The third-order valence-corrected chi connectivity index (χ3v) is 2.69. The van der Waals surface area contributed by atoms with Crippen LogP contribution in [0.15, 0.2) is 22.7 Å². The van der Waals surface area contributed by atoms with Gasteiger partial charge in [-0.2, -0.15) is 5.26 Å². The minimum Gasteiger partial charge on any atom is -0.496 e. The average molecular weight is 270 g/mol. The lowest BCUT2D eigenvalue weighted by Gasteiger charge is -2.15. The summed E-state index contributed by atoms with van der Waals surface area (Å²) in [5.41, 5.74) is 0.866. The van der Waals surface area contributed by atoms with Gasteiger partial charge in [0.15, 0.2) is 0 Å². The van der Waals surface area contributed by atoms with Crippen LogP contribution in [0.1, 0.15) is 17.9 Å².